The van der Waals surface area contributed by atoms with Crippen LogP contribution in [0.25, 0.3) is 0 Å². The van der Waals surface area contributed by atoms with Gasteiger partial charge >= 0.3 is 0 Å². The van der Waals surface area contributed by atoms with Crippen molar-refractivity contribution < 1.29 is 14.3 Å². The molecule has 0 spiro atoms. The number of thioether (sulfide) groups is 1. The number of benzene rings is 2. The summed E-state index contributed by atoms with van der Waals surface area (Å²) in [5, 5.41) is 15.4. The quantitative estimate of drug-likeness (QED) is 0.253. The Morgan fingerprint density at radius 1 is 1.20 bits per heavy atom. The third-order valence-electron chi connectivity index (χ3n) is 4.75. The number of amides is 2. The second-order valence-electron chi connectivity index (χ2n) is 7.35. The molecule has 2 aromatic carbocycles. The molecule has 0 fully saturated rings. The summed E-state index contributed by atoms with van der Waals surface area (Å²) >= 11 is 13.3. The predicted molar refractivity (Wildman–Crippen MR) is 140 cm³/mol. The summed E-state index contributed by atoms with van der Waals surface area (Å²) in [6.45, 7) is 8.47. The van der Waals surface area contributed by atoms with Crippen LogP contribution in [0.15, 0.2) is 60.3 Å². The van der Waals surface area contributed by atoms with E-state index in [1.54, 1.807) is 54.0 Å². The summed E-state index contributed by atoms with van der Waals surface area (Å²) in [6, 6.07) is 11.3. The first kappa shape index (κ1) is 26.6. The van der Waals surface area contributed by atoms with Crippen LogP contribution in [-0.4, -0.2) is 38.9 Å². The average molecular weight is 534 g/mol. The van der Waals surface area contributed by atoms with Crippen molar-refractivity contribution in [2.75, 3.05) is 17.7 Å². The number of halogens is 2. The normalized spacial score (nSPS) is 11.5. The van der Waals surface area contributed by atoms with Gasteiger partial charge in [-0.2, -0.15) is 0 Å². The van der Waals surface area contributed by atoms with Crippen molar-refractivity contribution >= 4 is 52.5 Å². The van der Waals surface area contributed by atoms with Gasteiger partial charge in [-0.3, -0.25) is 9.59 Å². The maximum Gasteiger partial charge on any atom is 0.253 e. The van der Waals surface area contributed by atoms with Gasteiger partial charge in [0.2, 0.25) is 5.91 Å². The fraction of sp³-hybridized carbons (Fsp3) is 0.250. The molecule has 1 aromatic heterocycles. The summed E-state index contributed by atoms with van der Waals surface area (Å²) in [5.41, 5.74) is 0.975. The molecule has 0 saturated carbocycles. The van der Waals surface area contributed by atoms with Crippen LogP contribution < -0.4 is 15.4 Å². The smallest absolute Gasteiger partial charge is 0.253 e. The molecular formula is C24H25Cl2N5O3S. The maximum atomic E-state index is 12.7. The second kappa shape index (κ2) is 12.6. The van der Waals surface area contributed by atoms with E-state index in [2.05, 4.69) is 27.4 Å². The molecule has 0 aliphatic heterocycles. The van der Waals surface area contributed by atoms with Gasteiger partial charge in [0.1, 0.15) is 5.75 Å². The molecule has 0 radical (unpaired) electrons. The molecule has 0 saturated heterocycles. The minimum absolute atomic E-state index is 0.129. The SMILES string of the molecule is C=CCn1c(SCC(=O)Nc2ccc(OCC)cc2)nnc1C(C)NC(=O)c1ccc(Cl)cc1Cl. The first-order valence-electron chi connectivity index (χ1n) is 10.8. The third-order valence-corrected chi connectivity index (χ3v) is 6.26. The van der Waals surface area contributed by atoms with Crippen molar-refractivity contribution in [3.05, 3.63) is 76.6 Å². The van der Waals surface area contributed by atoms with Gasteiger partial charge in [-0.05, 0) is 56.3 Å². The molecule has 1 heterocycles. The van der Waals surface area contributed by atoms with E-state index >= 15 is 0 Å². The van der Waals surface area contributed by atoms with E-state index in [1.807, 2.05) is 6.92 Å². The molecule has 0 aliphatic rings. The Labute approximate surface area is 218 Å². The monoisotopic (exact) mass is 533 g/mol. The number of hydrogen-bond donors (Lipinski definition) is 2. The molecule has 3 rings (SSSR count). The van der Waals surface area contributed by atoms with Crippen molar-refractivity contribution in [2.24, 2.45) is 0 Å². The van der Waals surface area contributed by atoms with Crippen LogP contribution in [0.2, 0.25) is 10.0 Å². The van der Waals surface area contributed by atoms with Crippen LogP contribution in [0.3, 0.4) is 0 Å². The molecule has 8 nitrogen and oxygen atoms in total. The molecule has 184 valence electrons. The molecule has 0 aliphatic carbocycles. The number of carbonyl (C=O) groups is 2. The fourth-order valence-corrected chi connectivity index (χ4v) is 4.42. The van der Waals surface area contributed by atoms with Crippen molar-refractivity contribution in [2.45, 2.75) is 31.6 Å². The van der Waals surface area contributed by atoms with Gasteiger partial charge in [0, 0.05) is 17.3 Å². The van der Waals surface area contributed by atoms with E-state index in [9.17, 15) is 9.59 Å². The molecular weight excluding hydrogens is 509 g/mol. The Bertz CT molecular complexity index is 1200. The molecule has 3 aromatic rings. The number of allylic oxidation sites excluding steroid dienone is 1. The summed E-state index contributed by atoms with van der Waals surface area (Å²) in [5.74, 6) is 0.843. The number of carbonyl (C=O) groups excluding carboxylic acids is 2. The molecule has 2 amide bonds. The zero-order valence-electron chi connectivity index (χ0n) is 19.3. The zero-order chi connectivity index (χ0) is 25.4. The highest BCUT2D eigenvalue weighted by molar-refractivity contribution is 7.99. The highest BCUT2D eigenvalue weighted by Crippen LogP contribution is 2.24. The lowest BCUT2D eigenvalue weighted by Gasteiger charge is -2.16. The Morgan fingerprint density at radius 2 is 1.94 bits per heavy atom. The van der Waals surface area contributed by atoms with Crippen molar-refractivity contribution in [1.82, 2.24) is 20.1 Å². The van der Waals surface area contributed by atoms with Gasteiger partial charge in [-0.15, -0.1) is 16.8 Å². The largest absolute Gasteiger partial charge is 0.494 e. The number of anilines is 1. The van der Waals surface area contributed by atoms with Crippen LogP contribution in [0.1, 0.15) is 36.1 Å². The zero-order valence-corrected chi connectivity index (χ0v) is 21.6. The lowest BCUT2D eigenvalue weighted by atomic mass is 10.2. The Morgan fingerprint density at radius 3 is 2.60 bits per heavy atom. The van der Waals surface area contributed by atoms with E-state index in [0.29, 0.717) is 40.4 Å². The maximum absolute atomic E-state index is 12.7. The van der Waals surface area contributed by atoms with Gasteiger partial charge in [0.05, 0.1) is 29.0 Å². The second-order valence-corrected chi connectivity index (χ2v) is 9.14. The Kier molecular flexibility index (Phi) is 9.59. The lowest BCUT2D eigenvalue weighted by molar-refractivity contribution is -0.113. The molecule has 11 heteroatoms. The summed E-state index contributed by atoms with van der Waals surface area (Å²) in [7, 11) is 0. The van der Waals surface area contributed by atoms with Crippen LogP contribution in [0.4, 0.5) is 5.69 Å². The highest BCUT2D eigenvalue weighted by atomic mass is 35.5. The van der Waals surface area contributed by atoms with Crippen LogP contribution >= 0.6 is 35.0 Å². The minimum Gasteiger partial charge on any atom is -0.494 e. The number of aromatic nitrogens is 3. The molecule has 1 unspecified atom stereocenters. The molecule has 35 heavy (non-hydrogen) atoms. The van der Waals surface area contributed by atoms with E-state index in [-0.39, 0.29) is 22.6 Å². The van der Waals surface area contributed by atoms with Crippen molar-refractivity contribution in [1.29, 1.82) is 0 Å². The van der Waals surface area contributed by atoms with E-state index in [1.165, 1.54) is 17.8 Å². The number of nitrogens with zero attached hydrogens (tertiary/aromatic N) is 3. The molecule has 2 N–H and O–H groups in total. The van der Waals surface area contributed by atoms with E-state index in [4.69, 9.17) is 27.9 Å². The summed E-state index contributed by atoms with van der Waals surface area (Å²) in [4.78, 5) is 25.1. The number of ether oxygens (including phenoxy) is 1. The summed E-state index contributed by atoms with van der Waals surface area (Å²) < 4.78 is 7.21. The van der Waals surface area contributed by atoms with Gasteiger partial charge in [-0.25, -0.2) is 0 Å². The third kappa shape index (κ3) is 7.24. The van der Waals surface area contributed by atoms with Gasteiger partial charge in [0.15, 0.2) is 11.0 Å². The van der Waals surface area contributed by atoms with Gasteiger partial charge < -0.3 is 19.9 Å². The highest BCUT2D eigenvalue weighted by Gasteiger charge is 2.21. The number of rotatable bonds is 11. The Hall–Kier alpha value is -3.01. The summed E-state index contributed by atoms with van der Waals surface area (Å²) in [6.07, 6.45) is 1.70. The minimum atomic E-state index is -0.478. The molecule has 0 bridgehead atoms. The topological polar surface area (TPSA) is 98.1 Å². The first-order valence-corrected chi connectivity index (χ1v) is 12.5. The van der Waals surface area contributed by atoms with Crippen LogP contribution in [-0.2, 0) is 11.3 Å². The Balaban J connectivity index is 1.64. The fourth-order valence-electron chi connectivity index (χ4n) is 3.17. The average Bonchev–Trinajstić information content (AvgIpc) is 3.22. The predicted octanol–water partition coefficient (Wildman–Crippen LogP) is 5.39. The van der Waals surface area contributed by atoms with Crippen LogP contribution in [0.5, 0.6) is 5.75 Å². The number of nitrogens with one attached hydrogen (secondary N) is 2. The van der Waals surface area contributed by atoms with Gasteiger partial charge in [0.25, 0.3) is 5.91 Å². The van der Waals surface area contributed by atoms with Crippen molar-refractivity contribution in [3.63, 3.8) is 0 Å². The van der Waals surface area contributed by atoms with E-state index in [0.717, 1.165) is 5.75 Å². The number of hydrogen-bond acceptors (Lipinski definition) is 6. The molecule has 1 atom stereocenters. The van der Waals surface area contributed by atoms with Crippen molar-refractivity contribution in [3.8, 4) is 5.75 Å². The van der Waals surface area contributed by atoms with E-state index < -0.39 is 6.04 Å². The van der Waals surface area contributed by atoms with Crippen LogP contribution in [0, 0.1) is 0 Å². The lowest BCUT2D eigenvalue weighted by Crippen LogP contribution is -2.29. The standard InChI is InChI=1S/C24H25Cl2N5O3S/c1-4-12-31-22(15(3)27-23(33)19-11-6-16(25)13-20(19)26)29-30-24(31)35-14-21(32)28-17-7-9-18(10-8-17)34-5-2/h4,6-11,13,15H,1,5,12,14H2,2-3H3,(H,27,33)(H,28,32). The van der Waals surface area contributed by atoms with Gasteiger partial charge in [-0.1, -0.05) is 41.0 Å². The first-order chi connectivity index (χ1) is 16.8.